The minimum Gasteiger partial charge on any atom is -0.497 e. The van der Waals surface area contributed by atoms with Crippen molar-refractivity contribution in [3.63, 3.8) is 0 Å². The van der Waals surface area contributed by atoms with Crippen molar-refractivity contribution < 1.29 is 14.3 Å². The van der Waals surface area contributed by atoms with Gasteiger partial charge in [0.1, 0.15) is 5.75 Å². The molecule has 3 rings (SSSR count). The van der Waals surface area contributed by atoms with Gasteiger partial charge in [0.05, 0.1) is 19.4 Å². The Balaban J connectivity index is 1.83. The first-order chi connectivity index (χ1) is 14.5. The lowest BCUT2D eigenvalue weighted by Crippen LogP contribution is -2.16. The van der Waals surface area contributed by atoms with Crippen molar-refractivity contribution in [3.05, 3.63) is 53.0 Å². The lowest BCUT2D eigenvalue weighted by Gasteiger charge is -2.08. The Labute approximate surface area is 186 Å². The largest absolute Gasteiger partial charge is 0.497 e. The lowest BCUT2D eigenvalue weighted by molar-refractivity contribution is -0.134. The number of halogens is 1. The lowest BCUT2D eigenvalue weighted by atomic mass is 10.2. The van der Waals surface area contributed by atoms with Gasteiger partial charge in [-0.05, 0) is 67.2 Å². The number of carbonyl (C=O) groups excluding carboxylic acids is 1. The fourth-order valence-corrected chi connectivity index (χ4v) is 3.40. The number of ether oxygens (including phenoxy) is 2. The van der Waals surface area contributed by atoms with Crippen LogP contribution in [0.3, 0.4) is 0 Å². The van der Waals surface area contributed by atoms with E-state index in [-0.39, 0.29) is 11.7 Å². The third kappa shape index (κ3) is 5.39. The summed E-state index contributed by atoms with van der Waals surface area (Å²) in [4.78, 5) is 12.4. The third-order valence-electron chi connectivity index (χ3n) is 3.95. The summed E-state index contributed by atoms with van der Waals surface area (Å²) in [5.74, 6) is 0.872. The molecule has 0 aliphatic carbocycles. The first-order valence-electron chi connectivity index (χ1n) is 9.00. The number of anilines is 1. The monoisotopic (exact) mass is 489 g/mol. The number of thioether (sulfide) groups is 1. The van der Waals surface area contributed by atoms with Crippen LogP contribution in [-0.2, 0) is 16.6 Å². The molecule has 0 aliphatic heterocycles. The Bertz CT molecular complexity index is 1040. The zero-order valence-electron chi connectivity index (χ0n) is 16.6. The molecule has 3 aromatic rings. The van der Waals surface area contributed by atoms with Crippen LogP contribution in [0.4, 0.5) is 5.69 Å². The van der Waals surface area contributed by atoms with Crippen LogP contribution >= 0.6 is 27.7 Å². The summed E-state index contributed by atoms with van der Waals surface area (Å²) < 4.78 is 13.1. The van der Waals surface area contributed by atoms with Gasteiger partial charge in [0.2, 0.25) is 5.04 Å². The standard InChI is InChI=1S/C20H20BrN5O3S/c1-4-29-19(27)18(24-22-15-9-7-14(21)8-10-15)30-20-25-23-17(26(20)2)13-5-11-16(28-3)12-6-13/h5-12,22H,4H2,1-3H3/b24-18+. The summed E-state index contributed by atoms with van der Waals surface area (Å²) in [5, 5.41) is 13.3. The number of benzene rings is 2. The van der Waals surface area contributed by atoms with Crippen molar-refractivity contribution in [2.75, 3.05) is 19.1 Å². The SMILES string of the molecule is CCOC(=O)/C(=N\Nc1ccc(Br)cc1)Sc1nnc(-c2ccc(OC)cc2)n1C. The van der Waals surface area contributed by atoms with E-state index in [0.717, 1.165) is 33.2 Å². The molecule has 0 amide bonds. The van der Waals surface area contributed by atoms with E-state index >= 15 is 0 Å². The maximum absolute atomic E-state index is 12.4. The van der Waals surface area contributed by atoms with E-state index in [1.54, 1.807) is 18.6 Å². The molecule has 0 spiro atoms. The van der Waals surface area contributed by atoms with Crippen LogP contribution < -0.4 is 10.2 Å². The molecule has 0 saturated carbocycles. The number of nitrogens with one attached hydrogen (secondary N) is 1. The number of nitrogens with zero attached hydrogens (tertiary/aromatic N) is 4. The van der Waals surface area contributed by atoms with E-state index in [4.69, 9.17) is 9.47 Å². The highest BCUT2D eigenvalue weighted by Crippen LogP contribution is 2.26. The molecule has 156 valence electrons. The topological polar surface area (TPSA) is 90.6 Å². The molecule has 8 nitrogen and oxygen atoms in total. The van der Waals surface area contributed by atoms with Gasteiger partial charge in [0.15, 0.2) is 11.0 Å². The smallest absolute Gasteiger partial charge is 0.365 e. The van der Waals surface area contributed by atoms with Gasteiger partial charge < -0.3 is 14.0 Å². The van der Waals surface area contributed by atoms with Crippen LogP contribution in [0.5, 0.6) is 5.75 Å². The number of esters is 1. The maximum Gasteiger partial charge on any atom is 0.365 e. The first kappa shape index (κ1) is 21.8. The van der Waals surface area contributed by atoms with Gasteiger partial charge in [-0.15, -0.1) is 10.2 Å². The highest BCUT2D eigenvalue weighted by atomic mass is 79.9. The van der Waals surface area contributed by atoms with Crippen LogP contribution in [0.15, 0.2) is 63.3 Å². The molecule has 1 N–H and O–H groups in total. The second-order valence-corrected chi connectivity index (χ2v) is 7.82. The summed E-state index contributed by atoms with van der Waals surface area (Å²) in [6.07, 6.45) is 0. The fraction of sp³-hybridized carbons (Fsp3) is 0.200. The molecule has 10 heteroatoms. The molecule has 30 heavy (non-hydrogen) atoms. The zero-order chi connectivity index (χ0) is 21.5. The van der Waals surface area contributed by atoms with E-state index in [1.807, 2.05) is 55.6 Å². The molecule has 0 atom stereocenters. The van der Waals surface area contributed by atoms with Crippen LogP contribution in [0, 0.1) is 0 Å². The minimum absolute atomic E-state index is 0.122. The summed E-state index contributed by atoms with van der Waals surface area (Å²) in [7, 11) is 3.44. The predicted molar refractivity (Wildman–Crippen MR) is 121 cm³/mol. The average molecular weight is 490 g/mol. The minimum atomic E-state index is -0.541. The molecular weight excluding hydrogens is 470 g/mol. The Hall–Kier alpha value is -2.85. The van der Waals surface area contributed by atoms with Gasteiger partial charge in [0, 0.05) is 17.1 Å². The average Bonchev–Trinajstić information content (AvgIpc) is 3.12. The van der Waals surface area contributed by atoms with Crippen LogP contribution in [0.25, 0.3) is 11.4 Å². The summed E-state index contributed by atoms with van der Waals surface area (Å²) >= 11 is 4.46. The van der Waals surface area contributed by atoms with Gasteiger partial charge >= 0.3 is 5.97 Å². The van der Waals surface area contributed by atoms with Gasteiger partial charge in [-0.1, -0.05) is 15.9 Å². The second kappa shape index (κ2) is 10.3. The number of hydrogen-bond donors (Lipinski definition) is 1. The Kier molecular flexibility index (Phi) is 7.47. The van der Waals surface area contributed by atoms with Crippen LogP contribution in [0.2, 0.25) is 0 Å². The van der Waals surface area contributed by atoms with Crippen molar-refractivity contribution in [1.29, 1.82) is 0 Å². The Morgan fingerprint density at radius 1 is 1.17 bits per heavy atom. The number of rotatable bonds is 6. The summed E-state index contributed by atoms with van der Waals surface area (Å²) in [6, 6.07) is 14.9. The number of aromatic nitrogens is 3. The quantitative estimate of drug-likeness (QED) is 0.181. The molecule has 0 fully saturated rings. The third-order valence-corrected chi connectivity index (χ3v) is 5.47. The van der Waals surface area contributed by atoms with E-state index in [9.17, 15) is 4.79 Å². The molecule has 0 radical (unpaired) electrons. The van der Waals surface area contributed by atoms with Crippen molar-refractivity contribution in [2.45, 2.75) is 12.1 Å². The highest BCUT2D eigenvalue weighted by Gasteiger charge is 2.20. The second-order valence-electron chi connectivity index (χ2n) is 5.95. The molecule has 0 unspecified atom stereocenters. The van der Waals surface area contributed by atoms with Crippen molar-refractivity contribution >= 4 is 44.4 Å². The molecule has 0 bridgehead atoms. The normalized spacial score (nSPS) is 11.3. The number of hydrazone groups is 1. The van der Waals surface area contributed by atoms with Gasteiger partial charge in [0.25, 0.3) is 0 Å². The van der Waals surface area contributed by atoms with E-state index < -0.39 is 5.97 Å². The van der Waals surface area contributed by atoms with Gasteiger partial charge in [-0.3, -0.25) is 5.43 Å². The van der Waals surface area contributed by atoms with Crippen molar-refractivity contribution in [2.24, 2.45) is 12.1 Å². The summed E-state index contributed by atoms with van der Waals surface area (Å²) in [6.45, 7) is 1.99. The molecule has 1 heterocycles. The molecular formula is C20H20BrN5O3S. The number of hydrogen-bond acceptors (Lipinski definition) is 8. The predicted octanol–water partition coefficient (Wildman–Crippen LogP) is 4.33. The molecule has 0 aliphatic rings. The van der Waals surface area contributed by atoms with Gasteiger partial charge in [-0.25, -0.2) is 4.79 Å². The Morgan fingerprint density at radius 3 is 2.50 bits per heavy atom. The van der Waals surface area contributed by atoms with E-state index in [2.05, 4.69) is 36.7 Å². The molecule has 1 aromatic heterocycles. The van der Waals surface area contributed by atoms with Gasteiger partial charge in [-0.2, -0.15) is 5.10 Å². The Morgan fingerprint density at radius 2 is 1.87 bits per heavy atom. The summed E-state index contributed by atoms with van der Waals surface area (Å²) in [5.41, 5.74) is 4.49. The molecule has 0 saturated heterocycles. The number of methoxy groups -OCH3 is 1. The van der Waals surface area contributed by atoms with Crippen LogP contribution in [0.1, 0.15) is 6.92 Å². The fourth-order valence-electron chi connectivity index (χ4n) is 2.42. The van der Waals surface area contributed by atoms with Crippen molar-refractivity contribution in [3.8, 4) is 17.1 Å². The van der Waals surface area contributed by atoms with Crippen LogP contribution in [-0.4, -0.2) is 39.5 Å². The maximum atomic E-state index is 12.4. The van der Waals surface area contributed by atoms with Crippen molar-refractivity contribution in [1.82, 2.24) is 14.8 Å². The first-order valence-corrected chi connectivity index (χ1v) is 10.6. The number of carbonyl (C=O) groups is 1. The van der Waals surface area contributed by atoms with E-state index in [1.165, 1.54) is 0 Å². The van der Waals surface area contributed by atoms with E-state index in [0.29, 0.717) is 11.0 Å². The molecule has 2 aromatic carbocycles. The zero-order valence-corrected chi connectivity index (χ0v) is 19.0. The highest BCUT2D eigenvalue weighted by molar-refractivity contribution is 9.10.